The maximum Gasteiger partial charge on any atom is 0.191 e. The predicted molar refractivity (Wildman–Crippen MR) is 122 cm³/mol. The topological polar surface area (TPSA) is 58.1 Å². The van der Waals surface area contributed by atoms with Crippen molar-refractivity contribution in [2.75, 3.05) is 53.6 Å². The molecule has 0 bridgehead atoms. The van der Waals surface area contributed by atoms with E-state index in [1.165, 1.54) is 38.0 Å². The Labute approximate surface area is 181 Å². The number of rotatable bonds is 10. The summed E-state index contributed by atoms with van der Waals surface area (Å²) >= 11 is 0. The number of aryl methyl sites for hydroxylation is 1. The van der Waals surface area contributed by atoms with Crippen LogP contribution in [0.2, 0.25) is 0 Å². The fourth-order valence-corrected chi connectivity index (χ4v) is 3.09. The predicted octanol–water partition coefficient (Wildman–Crippen LogP) is 2.79. The number of guanidine groups is 1. The van der Waals surface area contributed by atoms with E-state index >= 15 is 0 Å². The lowest BCUT2D eigenvalue weighted by atomic mass is 10.1. The number of hydrogen-bond acceptors (Lipinski definition) is 4. The highest BCUT2D eigenvalue weighted by Gasteiger charge is 2.10. The summed E-state index contributed by atoms with van der Waals surface area (Å²) in [7, 11) is 3.49. The molecule has 0 spiro atoms. The van der Waals surface area contributed by atoms with Crippen LogP contribution in [0.3, 0.4) is 0 Å². The molecule has 0 radical (unpaired) electrons. The van der Waals surface area contributed by atoms with Gasteiger partial charge in [0.1, 0.15) is 12.4 Å². The van der Waals surface area contributed by atoms with Crippen molar-refractivity contribution < 1.29 is 9.47 Å². The standard InChI is InChI=1S/C20H34N4O2.HI/c1-17-7-8-18(19(15-17)26-14-13-25-3)16-23-20(21-2)22-9-6-12-24-10-4-5-11-24;/h7-8,15H,4-6,9-14,16H2,1-3H3,(H2,21,22,23);1H. The number of nitrogens with zero attached hydrogens (tertiary/aromatic N) is 2. The first-order chi connectivity index (χ1) is 12.7. The Bertz CT molecular complexity index is 563. The van der Waals surface area contributed by atoms with Gasteiger partial charge in [-0.15, -0.1) is 24.0 Å². The Morgan fingerprint density at radius 3 is 2.67 bits per heavy atom. The summed E-state index contributed by atoms with van der Waals surface area (Å²) in [6, 6.07) is 6.27. The van der Waals surface area contributed by atoms with E-state index in [0.29, 0.717) is 19.8 Å². The van der Waals surface area contributed by atoms with E-state index in [0.717, 1.165) is 30.2 Å². The van der Waals surface area contributed by atoms with E-state index in [9.17, 15) is 0 Å². The molecule has 27 heavy (non-hydrogen) atoms. The fourth-order valence-electron chi connectivity index (χ4n) is 3.09. The Hall–Kier alpha value is -1.06. The molecule has 1 aromatic rings. The van der Waals surface area contributed by atoms with Gasteiger partial charge in [-0.25, -0.2) is 0 Å². The number of nitrogens with one attached hydrogen (secondary N) is 2. The summed E-state index contributed by atoms with van der Waals surface area (Å²) in [5.74, 6) is 1.73. The number of halogens is 1. The molecule has 0 aliphatic carbocycles. The quantitative estimate of drug-likeness (QED) is 0.229. The number of methoxy groups -OCH3 is 1. The molecule has 1 aliphatic heterocycles. The first-order valence-corrected chi connectivity index (χ1v) is 9.61. The largest absolute Gasteiger partial charge is 0.491 e. The molecular weight excluding hydrogens is 455 g/mol. The van der Waals surface area contributed by atoms with Gasteiger partial charge in [0.15, 0.2) is 5.96 Å². The number of likely N-dealkylation sites (tertiary alicyclic amines) is 1. The van der Waals surface area contributed by atoms with Gasteiger partial charge < -0.3 is 25.0 Å². The Balaban J connectivity index is 0.00000364. The minimum absolute atomic E-state index is 0. The van der Waals surface area contributed by atoms with E-state index in [4.69, 9.17) is 9.47 Å². The average Bonchev–Trinajstić information content (AvgIpc) is 3.16. The molecule has 1 aliphatic rings. The highest BCUT2D eigenvalue weighted by atomic mass is 127. The third kappa shape index (κ3) is 9.12. The molecule has 154 valence electrons. The zero-order valence-electron chi connectivity index (χ0n) is 16.9. The normalized spacial score (nSPS) is 14.7. The average molecular weight is 490 g/mol. The monoisotopic (exact) mass is 490 g/mol. The van der Waals surface area contributed by atoms with Crippen molar-refractivity contribution in [3.8, 4) is 5.75 Å². The minimum atomic E-state index is 0. The van der Waals surface area contributed by atoms with Crippen molar-refractivity contribution in [3.63, 3.8) is 0 Å². The van der Waals surface area contributed by atoms with Crippen LogP contribution in [0.25, 0.3) is 0 Å². The maximum absolute atomic E-state index is 5.85. The molecule has 2 rings (SSSR count). The minimum Gasteiger partial charge on any atom is -0.491 e. The van der Waals surface area contributed by atoms with Crippen LogP contribution in [-0.4, -0.2) is 64.4 Å². The Kier molecular flexibility index (Phi) is 12.4. The molecule has 0 atom stereocenters. The summed E-state index contributed by atoms with van der Waals surface area (Å²) in [5.41, 5.74) is 2.30. The number of aliphatic imine (C=N–C) groups is 1. The third-order valence-corrected chi connectivity index (χ3v) is 4.58. The highest BCUT2D eigenvalue weighted by Crippen LogP contribution is 2.20. The van der Waals surface area contributed by atoms with Gasteiger partial charge in [-0.2, -0.15) is 0 Å². The molecule has 1 aromatic carbocycles. The van der Waals surface area contributed by atoms with Crippen LogP contribution in [0.5, 0.6) is 5.75 Å². The van der Waals surface area contributed by atoms with Crippen molar-refractivity contribution in [2.24, 2.45) is 4.99 Å². The van der Waals surface area contributed by atoms with Gasteiger partial charge in [-0.3, -0.25) is 4.99 Å². The Morgan fingerprint density at radius 2 is 1.96 bits per heavy atom. The molecule has 1 saturated heterocycles. The molecule has 0 amide bonds. The van der Waals surface area contributed by atoms with Gasteiger partial charge in [-0.05, 0) is 57.5 Å². The number of ether oxygens (including phenoxy) is 2. The van der Waals surface area contributed by atoms with Crippen LogP contribution in [0, 0.1) is 6.92 Å². The van der Waals surface area contributed by atoms with Gasteiger partial charge in [0.05, 0.1) is 6.61 Å². The van der Waals surface area contributed by atoms with Crippen LogP contribution in [0.4, 0.5) is 0 Å². The second-order valence-corrected chi connectivity index (χ2v) is 6.71. The van der Waals surface area contributed by atoms with E-state index in [1.807, 2.05) is 0 Å². The first kappa shape index (κ1) is 24.0. The van der Waals surface area contributed by atoms with E-state index in [2.05, 4.69) is 45.6 Å². The van der Waals surface area contributed by atoms with Crippen LogP contribution >= 0.6 is 24.0 Å². The highest BCUT2D eigenvalue weighted by molar-refractivity contribution is 14.0. The molecule has 2 N–H and O–H groups in total. The molecule has 0 aromatic heterocycles. The second kappa shape index (κ2) is 14.0. The molecule has 6 nitrogen and oxygen atoms in total. The summed E-state index contributed by atoms with van der Waals surface area (Å²) in [4.78, 5) is 6.85. The van der Waals surface area contributed by atoms with Gasteiger partial charge in [0.25, 0.3) is 0 Å². The van der Waals surface area contributed by atoms with Crippen molar-refractivity contribution in [2.45, 2.75) is 32.7 Å². The Morgan fingerprint density at radius 1 is 1.19 bits per heavy atom. The zero-order valence-corrected chi connectivity index (χ0v) is 19.3. The van der Waals surface area contributed by atoms with Crippen LogP contribution in [0.15, 0.2) is 23.2 Å². The van der Waals surface area contributed by atoms with Crippen molar-refractivity contribution in [3.05, 3.63) is 29.3 Å². The molecule has 0 unspecified atom stereocenters. The maximum atomic E-state index is 5.85. The van der Waals surface area contributed by atoms with E-state index in [-0.39, 0.29) is 24.0 Å². The van der Waals surface area contributed by atoms with Crippen LogP contribution in [0.1, 0.15) is 30.4 Å². The number of benzene rings is 1. The lowest BCUT2D eigenvalue weighted by Crippen LogP contribution is -2.38. The summed E-state index contributed by atoms with van der Waals surface area (Å²) in [5, 5.41) is 6.78. The van der Waals surface area contributed by atoms with Crippen molar-refractivity contribution >= 4 is 29.9 Å². The van der Waals surface area contributed by atoms with Gasteiger partial charge >= 0.3 is 0 Å². The lowest BCUT2D eigenvalue weighted by molar-refractivity contribution is 0.145. The summed E-state index contributed by atoms with van der Waals surface area (Å²) < 4.78 is 10.9. The zero-order chi connectivity index (χ0) is 18.6. The number of hydrogen-bond donors (Lipinski definition) is 2. The SMILES string of the molecule is CN=C(NCCCN1CCCC1)NCc1ccc(C)cc1OCCOC.I. The lowest BCUT2D eigenvalue weighted by Gasteiger charge is -2.17. The van der Waals surface area contributed by atoms with Gasteiger partial charge in [-0.1, -0.05) is 12.1 Å². The van der Waals surface area contributed by atoms with E-state index in [1.54, 1.807) is 14.2 Å². The summed E-state index contributed by atoms with van der Waals surface area (Å²) in [6.07, 6.45) is 3.83. The molecule has 1 fully saturated rings. The van der Waals surface area contributed by atoms with Gasteiger partial charge in [0.2, 0.25) is 0 Å². The van der Waals surface area contributed by atoms with Crippen LogP contribution in [-0.2, 0) is 11.3 Å². The molecular formula is C20H35IN4O2. The van der Waals surface area contributed by atoms with Crippen molar-refractivity contribution in [1.29, 1.82) is 0 Å². The second-order valence-electron chi connectivity index (χ2n) is 6.71. The fraction of sp³-hybridized carbons (Fsp3) is 0.650. The van der Waals surface area contributed by atoms with Crippen LogP contribution < -0.4 is 15.4 Å². The third-order valence-electron chi connectivity index (χ3n) is 4.58. The smallest absolute Gasteiger partial charge is 0.191 e. The van der Waals surface area contributed by atoms with Crippen molar-refractivity contribution in [1.82, 2.24) is 15.5 Å². The molecule has 7 heteroatoms. The molecule has 0 saturated carbocycles. The summed E-state index contributed by atoms with van der Waals surface area (Å²) in [6.45, 7) is 8.49. The van der Waals surface area contributed by atoms with Gasteiger partial charge in [0, 0.05) is 32.8 Å². The molecule has 1 heterocycles. The first-order valence-electron chi connectivity index (χ1n) is 9.61. The van der Waals surface area contributed by atoms with E-state index < -0.39 is 0 Å².